The highest BCUT2D eigenvalue weighted by atomic mass is 19.4. The number of alkyl halides is 3. The lowest BCUT2D eigenvalue weighted by Crippen LogP contribution is -2.14. The van der Waals surface area contributed by atoms with E-state index in [2.05, 4.69) is 4.99 Å². The molecule has 3 aromatic rings. The summed E-state index contributed by atoms with van der Waals surface area (Å²) in [4.78, 5) is 15.6. The van der Waals surface area contributed by atoms with Crippen LogP contribution in [0.1, 0.15) is 23.8 Å². The molecule has 0 saturated carbocycles. The third-order valence-electron chi connectivity index (χ3n) is 3.98. The van der Waals surface area contributed by atoms with E-state index in [-0.39, 0.29) is 27.8 Å². The van der Waals surface area contributed by atoms with E-state index in [0.717, 1.165) is 6.92 Å². The highest BCUT2D eigenvalue weighted by Crippen LogP contribution is 2.40. The number of fused-ring (bicyclic) bond motifs is 1. The first-order chi connectivity index (χ1) is 13.2. The third-order valence-corrected chi connectivity index (χ3v) is 3.98. The van der Waals surface area contributed by atoms with Crippen LogP contribution in [0.3, 0.4) is 0 Å². The fraction of sp³-hybridized carbons (Fsp3) is 0.200. The molecule has 146 valence electrons. The van der Waals surface area contributed by atoms with E-state index in [4.69, 9.17) is 13.9 Å². The highest BCUT2D eigenvalue weighted by Gasteiger charge is 2.41. The summed E-state index contributed by atoms with van der Waals surface area (Å²) < 4.78 is 56.6. The Morgan fingerprint density at radius 3 is 2.18 bits per heavy atom. The Kier molecular flexibility index (Phi) is 5.13. The van der Waals surface area contributed by atoms with Crippen LogP contribution >= 0.6 is 0 Å². The second kappa shape index (κ2) is 7.38. The number of methoxy groups -OCH3 is 2. The number of hydrogen-bond acceptors (Lipinski definition) is 4. The zero-order chi connectivity index (χ0) is 20.5. The molecular formula is C20H16F3NO4. The Bertz CT molecular complexity index is 1040. The summed E-state index contributed by atoms with van der Waals surface area (Å²) in [5, 5.41) is 0.191. The maximum Gasteiger partial charge on any atom is 0.450 e. The van der Waals surface area contributed by atoms with Gasteiger partial charge in [-0.15, -0.1) is 0 Å². The molecule has 8 heteroatoms. The van der Waals surface area contributed by atoms with Crippen molar-refractivity contribution in [2.45, 2.75) is 13.1 Å². The second-order valence-electron chi connectivity index (χ2n) is 5.88. The van der Waals surface area contributed by atoms with Crippen LogP contribution in [0.15, 0.2) is 51.9 Å². The van der Waals surface area contributed by atoms with E-state index in [0.29, 0.717) is 11.5 Å². The van der Waals surface area contributed by atoms with Gasteiger partial charge in [-0.2, -0.15) is 13.2 Å². The predicted molar refractivity (Wildman–Crippen MR) is 97.1 cm³/mol. The molecule has 0 unspecified atom stereocenters. The monoisotopic (exact) mass is 391 g/mol. The number of rotatable bonds is 4. The quantitative estimate of drug-likeness (QED) is 0.597. The van der Waals surface area contributed by atoms with Gasteiger partial charge in [0.1, 0.15) is 17.1 Å². The minimum absolute atomic E-state index is 0.0379. The van der Waals surface area contributed by atoms with Crippen molar-refractivity contribution >= 4 is 22.6 Å². The van der Waals surface area contributed by atoms with Crippen LogP contribution < -0.4 is 9.47 Å². The smallest absolute Gasteiger partial charge is 0.450 e. The van der Waals surface area contributed by atoms with Crippen molar-refractivity contribution in [3.05, 3.63) is 59.4 Å². The third kappa shape index (κ3) is 3.71. The number of benzene rings is 2. The van der Waals surface area contributed by atoms with Crippen molar-refractivity contribution in [1.82, 2.24) is 0 Å². The lowest BCUT2D eigenvalue weighted by Gasteiger charge is -2.12. The lowest BCUT2D eigenvalue weighted by molar-refractivity contribution is -0.152. The van der Waals surface area contributed by atoms with Gasteiger partial charge in [0, 0.05) is 23.9 Å². The van der Waals surface area contributed by atoms with Crippen LogP contribution in [-0.2, 0) is 11.0 Å². The molecule has 0 atom stereocenters. The minimum atomic E-state index is -4.78. The average Bonchev–Trinajstić information content (AvgIpc) is 3.05. The SMILES string of the molecule is COc1cc(OC)cc(C(=NC(C)=O)c2c(C(F)(F)F)oc3ccccc23)c1. The number of amides is 1. The van der Waals surface area contributed by atoms with Crippen LogP contribution in [0.5, 0.6) is 11.5 Å². The molecule has 28 heavy (non-hydrogen) atoms. The number of furan rings is 1. The van der Waals surface area contributed by atoms with Gasteiger partial charge in [0.05, 0.1) is 25.5 Å². The number of nitrogens with zero attached hydrogens (tertiary/aromatic N) is 1. The number of hydrogen-bond donors (Lipinski definition) is 0. The molecule has 0 aliphatic heterocycles. The normalized spacial score (nSPS) is 12.3. The van der Waals surface area contributed by atoms with E-state index in [1.54, 1.807) is 18.2 Å². The van der Waals surface area contributed by atoms with Gasteiger partial charge in [0.25, 0.3) is 0 Å². The van der Waals surface area contributed by atoms with E-state index in [1.807, 2.05) is 0 Å². The summed E-state index contributed by atoms with van der Waals surface area (Å²) >= 11 is 0. The first-order valence-corrected chi connectivity index (χ1v) is 8.16. The lowest BCUT2D eigenvalue weighted by atomic mass is 9.98. The number of aliphatic imine (C=N–C) groups is 1. The fourth-order valence-corrected chi connectivity index (χ4v) is 2.85. The predicted octanol–water partition coefficient (Wildman–Crippen LogP) is 4.85. The van der Waals surface area contributed by atoms with E-state index >= 15 is 0 Å². The molecular weight excluding hydrogens is 375 g/mol. The molecule has 0 bridgehead atoms. The van der Waals surface area contributed by atoms with Crippen molar-refractivity contribution in [1.29, 1.82) is 0 Å². The van der Waals surface area contributed by atoms with Crippen LogP contribution in [0.25, 0.3) is 11.0 Å². The summed E-state index contributed by atoms with van der Waals surface area (Å²) in [6.07, 6.45) is -4.78. The minimum Gasteiger partial charge on any atom is -0.497 e. The van der Waals surface area contributed by atoms with Gasteiger partial charge in [0.15, 0.2) is 0 Å². The van der Waals surface area contributed by atoms with Crippen molar-refractivity contribution < 1.29 is 31.9 Å². The molecule has 0 fully saturated rings. The Morgan fingerprint density at radius 1 is 1.04 bits per heavy atom. The molecule has 0 N–H and O–H groups in total. The zero-order valence-electron chi connectivity index (χ0n) is 15.3. The number of carbonyl (C=O) groups is 1. The largest absolute Gasteiger partial charge is 0.497 e. The molecule has 2 aromatic carbocycles. The average molecular weight is 391 g/mol. The maximum absolute atomic E-state index is 13.7. The molecule has 3 rings (SSSR count). The summed E-state index contributed by atoms with van der Waals surface area (Å²) in [7, 11) is 2.82. The van der Waals surface area contributed by atoms with Crippen molar-refractivity contribution in [2.75, 3.05) is 14.2 Å². The van der Waals surface area contributed by atoms with Gasteiger partial charge in [-0.25, -0.2) is 4.99 Å². The Hall–Kier alpha value is -3.29. The number of carbonyl (C=O) groups excluding carboxylic acids is 1. The number of para-hydroxylation sites is 1. The molecule has 0 aliphatic rings. The van der Waals surface area contributed by atoms with Crippen molar-refractivity contribution in [3.63, 3.8) is 0 Å². The summed E-state index contributed by atoms with van der Waals surface area (Å²) in [6.45, 7) is 1.16. The molecule has 1 amide bonds. The summed E-state index contributed by atoms with van der Waals surface area (Å²) in [5.41, 5.74) is -0.227. The van der Waals surface area contributed by atoms with E-state index in [1.165, 1.54) is 38.5 Å². The van der Waals surface area contributed by atoms with E-state index in [9.17, 15) is 18.0 Å². The van der Waals surface area contributed by atoms with Gasteiger partial charge in [-0.3, -0.25) is 4.79 Å². The van der Waals surface area contributed by atoms with Crippen LogP contribution in [-0.4, -0.2) is 25.8 Å². The van der Waals surface area contributed by atoms with Crippen molar-refractivity contribution in [2.24, 2.45) is 4.99 Å². The molecule has 0 spiro atoms. The topological polar surface area (TPSA) is 61.0 Å². The molecule has 1 aromatic heterocycles. The van der Waals surface area contributed by atoms with Gasteiger partial charge in [-0.1, -0.05) is 18.2 Å². The zero-order valence-corrected chi connectivity index (χ0v) is 15.3. The second-order valence-corrected chi connectivity index (χ2v) is 5.88. The molecule has 0 radical (unpaired) electrons. The van der Waals surface area contributed by atoms with Crippen molar-refractivity contribution in [3.8, 4) is 11.5 Å². The first-order valence-electron chi connectivity index (χ1n) is 8.16. The first kappa shape index (κ1) is 19.5. The standard InChI is InChI=1S/C20H16F3NO4/c1-11(25)24-18(12-8-13(26-2)10-14(9-12)27-3)17-15-6-4-5-7-16(15)28-19(17)20(21,22)23/h4-10H,1-3H3. The van der Waals surface area contributed by atoms with Gasteiger partial charge < -0.3 is 13.9 Å². The summed E-state index contributed by atoms with van der Waals surface area (Å²) in [5.74, 6) is -1.20. The van der Waals surface area contributed by atoms with Gasteiger partial charge in [0.2, 0.25) is 11.7 Å². The Labute approximate surface area is 158 Å². The molecule has 1 heterocycles. The maximum atomic E-state index is 13.7. The number of ether oxygens (including phenoxy) is 2. The van der Waals surface area contributed by atoms with Gasteiger partial charge in [-0.05, 0) is 18.2 Å². The molecule has 5 nitrogen and oxygen atoms in total. The highest BCUT2D eigenvalue weighted by molar-refractivity contribution is 6.22. The van der Waals surface area contributed by atoms with Crippen LogP contribution in [0.4, 0.5) is 13.2 Å². The Morgan fingerprint density at radius 2 is 1.64 bits per heavy atom. The fourth-order valence-electron chi connectivity index (χ4n) is 2.85. The van der Waals surface area contributed by atoms with Crippen LogP contribution in [0.2, 0.25) is 0 Å². The molecule has 0 aliphatic carbocycles. The van der Waals surface area contributed by atoms with Crippen LogP contribution in [0, 0.1) is 0 Å². The Balaban J connectivity index is 2.39. The van der Waals surface area contributed by atoms with Gasteiger partial charge >= 0.3 is 6.18 Å². The number of halogens is 3. The molecule has 0 saturated heterocycles. The van der Waals surface area contributed by atoms with E-state index < -0.39 is 17.8 Å². The summed E-state index contributed by atoms with van der Waals surface area (Å²) in [6, 6.07) is 10.6.